The zero-order chi connectivity index (χ0) is 25.1. The second-order valence-corrected chi connectivity index (χ2v) is 16.6. The van der Waals surface area contributed by atoms with Crippen LogP contribution >= 0.6 is 0 Å². The second-order valence-electron chi connectivity index (χ2n) is 11.9. The molecule has 4 nitrogen and oxygen atoms in total. The van der Waals surface area contributed by atoms with Crippen molar-refractivity contribution in [2.75, 3.05) is 5.73 Å². The van der Waals surface area contributed by atoms with Crippen molar-refractivity contribution in [3.8, 4) is 16.9 Å². The first-order valence-electron chi connectivity index (χ1n) is 12.1. The average Bonchev–Trinajstić information content (AvgIpc) is 2.96. The van der Waals surface area contributed by atoms with Crippen molar-refractivity contribution < 1.29 is 13.7 Å². The molecule has 0 spiro atoms. The summed E-state index contributed by atoms with van der Waals surface area (Å²) < 4.78 is 20.3. The predicted molar refractivity (Wildman–Crippen MR) is 147 cm³/mol. The minimum atomic E-state index is -2.21. The van der Waals surface area contributed by atoms with Crippen LogP contribution in [0.3, 0.4) is 0 Å². The Kier molecular flexibility index (Phi) is 5.95. The maximum absolute atomic E-state index is 7.10. The van der Waals surface area contributed by atoms with E-state index in [1.807, 2.05) is 30.3 Å². The Balaban J connectivity index is 2.10. The van der Waals surface area contributed by atoms with Gasteiger partial charge in [-0.05, 0) is 51.4 Å². The summed E-state index contributed by atoms with van der Waals surface area (Å²) in [5.41, 5.74) is 9.49. The lowest BCUT2D eigenvalue weighted by molar-refractivity contribution is 0.00578. The van der Waals surface area contributed by atoms with Crippen LogP contribution in [-0.2, 0) is 9.31 Å². The second kappa shape index (κ2) is 8.15. The van der Waals surface area contributed by atoms with Crippen LogP contribution in [0.5, 0.6) is 5.75 Å². The Morgan fingerprint density at radius 3 is 1.85 bits per heavy atom. The third-order valence-corrected chi connectivity index (χ3v) is 12.3. The molecule has 0 radical (unpaired) electrons. The highest BCUT2D eigenvalue weighted by Gasteiger charge is 2.54. The number of hydrogen-bond donors (Lipinski definition) is 1. The van der Waals surface area contributed by atoms with Crippen molar-refractivity contribution in [3.05, 3.63) is 54.6 Å². The third-order valence-electron chi connectivity index (χ3n) is 7.96. The Morgan fingerprint density at radius 2 is 1.32 bits per heavy atom. The molecule has 1 heterocycles. The van der Waals surface area contributed by atoms with Gasteiger partial charge in [-0.15, -0.1) is 0 Å². The zero-order valence-electron chi connectivity index (χ0n) is 22.1. The molecule has 0 aliphatic carbocycles. The molecule has 34 heavy (non-hydrogen) atoms. The zero-order valence-corrected chi connectivity index (χ0v) is 23.1. The predicted octanol–water partition coefficient (Wildman–Crippen LogP) is 6.77. The summed E-state index contributed by atoms with van der Waals surface area (Å²) in [6.45, 7) is 19.6. The first-order valence-corrected chi connectivity index (χ1v) is 15.0. The molecule has 0 atom stereocenters. The summed E-state index contributed by atoms with van der Waals surface area (Å²) in [5.74, 6) is 0.828. The molecule has 180 valence electrons. The largest absolute Gasteiger partial charge is 0.543 e. The molecular formula is C28H38BNO3Si. The van der Waals surface area contributed by atoms with Gasteiger partial charge in [0.1, 0.15) is 5.75 Å². The number of nitrogen functional groups attached to an aromatic ring is 1. The monoisotopic (exact) mass is 475 g/mol. The normalized spacial score (nSPS) is 17.9. The van der Waals surface area contributed by atoms with Gasteiger partial charge in [0.15, 0.2) is 0 Å². The molecule has 1 aliphatic rings. The molecule has 4 rings (SSSR count). The fraction of sp³-hybridized carbons (Fsp3) is 0.429. The maximum atomic E-state index is 7.10. The highest BCUT2D eigenvalue weighted by molar-refractivity contribution is 6.75. The van der Waals surface area contributed by atoms with Crippen LogP contribution in [0, 0.1) is 0 Å². The van der Waals surface area contributed by atoms with Gasteiger partial charge >= 0.3 is 7.12 Å². The van der Waals surface area contributed by atoms with Crippen molar-refractivity contribution in [2.45, 2.75) is 77.8 Å². The van der Waals surface area contributed by atoms with Crippen LogP contribution in [0.4, 0.5) is 5.69 Å². The number of hydrogen-bond acceptors (Lipinski definition) is 4. The minimum Gasteiger partial charge on any atom is -0.543 e. The van der Waals surface area contributed by atoms with Crippen molar-refractivity contribution in [1.29, 1.82) is 0 Å². The van der Waals surface area contributed by atoms with Crippen LogP contribution in [-0.4, -0.2) is 26.6 Å². The van der Waals surface area contributed by atoms with Gasteiger partial charge in [0.05, 0.1) is 11.2 Å². The van der Waals surface area contributed by atoms with Gasteiger partial charge in [-0.25, -0.2) is 0 Å². The lowest BCUT2D eigenvalue weighted by Crippen LogP contribution is -2.47. The summed E-state index contributed by atoms with van der Waals surface area (Å²) >= 11 is 0. The Hall–Kier alpha value is -2.28. The van der Waals surface area contributed by atoms with E-state index >= 15 is 0 Å². The first-order chi connectivity index (χ1) is 15.7. The molecule has 0 bridgehead atoms. The topological polar surface area (TPSA) is 53.7 Å². The van der Waals surface area contributed by atoms with E-state index in [-0.39, 0.29) is 5.04 Å². The lowest BCUT2D eigenvalue weighted by atomic mass is 9.72. The van der Waals surface area contributed by atoms with Gasteiger partial charge in [-0.3, -0.25) is 0 Å². The van der Waals surface area contributed by atoms with Crippen molar-refractivity contribution >= 4 is 37.4 Å². The van der Waals surface area contributed by atoms with E-state index in [1.54, 1.807) is 0 Å². The van der Waals surface area contributed by atoms with Crippen LogP contribution in [0.1, 0.15) is 48.5 Å². The van der Waals surface area contributed by atoms with E-state index in [9.17, 15) is 0 Å². The standard InChI is InChI=1S/C28H38BNO3Si/c1-26(2,3)34(8,9)31-25-21-18-14-13-17-20(21)24(30)22(19-15-11-10-12-16-19)23(25)29-32-27(4,5)28(6,7)33-29/h10-18H,30H2,1-9H3. The van der Waals surface area contributed by atoms with Crippen LogP contribution in [0.15, 0.2) is 54.6 Å². The lowest BCUT2D eigenvalue weighted by Gasteiger charge is -2.38. The Bertz CT molecular complexity index is 1200. The molecule has 0 aromatic heterocycles. The fourth-order valence-corrected chi connectivity index (χ4v) is 5.11. The number of fused-ring (bicyclic) bond motifs is 1. The number of rotatable bonds is 4. The smallest absolute Gasteiger partial charge is 0.499 e. The molecule has 0 saturated carbocycles. The summed E-state index contributed by atoms with van der Waals surface area (Å²) in [6.07, 6.45) is 0. The minimum absolute atomic E-state index is 0.0234. The quantitative estimate of drug-likeness (QED) is 0.334. The molecule has 1 fully saturated rings. The van der Waals surface area contributed by atoms with E-state index in [1.165, 1.54) is 0 Å². The molecule has 3 aromatic carbocycles. The van der Waals surface area contributed by atoms with Crippen LogP contribution in [0.25, 0.3) is 21.9 Å². The molecule has 6 heteroatoms. The van der Waals surface area contributed by atoms with Gasteiger partial charge < -0.3 is 19.5 Å². The molecule has 3 aromatic rings. The molecule has 0 unspecified atom stereocenters. The highest BCUT2D eigenvalue weighted by atomic mass is 28.4. The van der Waals surface area contributed by atoms with Crippen molar-refractivity contribution in [2.24, 2.45) is 0 Å². The summed E-state index contributed by atoms with van der Waals surface area (Å²) in [5, 5.41) is 2.00. The first kappa shape index (κ1) is 24.8. The van der Waals surface area contributed by atoms with Gasteiger partial charge in [0, 0.05) is 27.5 Å². The SMILES string of the molecule is CC1(C)OB(c2c(-c3ccccc3)c(N)c3ccccc3c2O[Si](C)(C)C(C)(C)C)OC1(C)C. The van der Waals surface area contributed by atoms with Gasteiger partial charge in [-0.2, -0.15) is 0 Å². The average molecular weight is 476 g/mol. The molecule has 1 aliphatic heterocycles. The van der Waals surface area contributed by atoms with Gasteiger partial charge in [-0.1, -0.05) is 75.4 Å². The summed E-state index contributed by atoms with van der Waals surface area (Å²) in [4.78, 5) is 0. The summed E-state index contributed by atoms with van der Waals surface area (Å²) in [6, 6.07) is 18.5. The molecular weight excluding hydrogens is 437 g/mol. The molecule has 0 amide bonds. The number of benzene rings is 3. The Labute approximate surface area is 206 Å². The maximum Gasteiger partial charge on any atom is 0.499 e. The van der Waals surface area contributed by atoms with E-state index in [0.29, 0.717) is 5.69 Å². The summed E-state index contributed by atoms with van der Waals surface area (Å²) in [7, 11) is -2.81. The van der Waals surface area contributed by atoms with E-state index < -0.39 is 26.6 Å². The van der Waals surface area contributed by atoms with Crippen LogP contribution < -0.4 is 15.6 Å². The number of anilines is 1. The molecule has 1 saturated heterocycles. The fourth-order valence-electron chi connectivity index (χ4n) is 4.07. The van der Waals surface area contributed by atoms with E-state index in [4.69, 9.17) is 19.5 Å². The Morgan fingerprint density at radius 1 is 0.824 bits per heavy atom. The van der Waals surface area contributed by atoms with Crippen molar-refractivity contribution in [1.82, 2.24) is 0 Å². The highest BCUT2D eigenvalue weighted by Crippen LogP contribution is 2.45. The molecule has 2 N–H and O–H groups in total. The van der Waals surface area contributed by atoms with E-state index in [0.717, 1.165) is 33.1 Å². The van der Waals surface area contributed by atoms with Crippen LogP contribution in [0.2, 0.25) is 18.1 Å². The van der Waals surface area contributed by atoms with Crippen molar-refractivity contribution in [3.63, 3.8) is 0 Å². The number of nitrogens with two attached hydrogens (primary N) is 1. The van der Waals surface area contributed by atoms with Gasteiger partial charge in [0.2, 0.25) is 8.32 Å². The van der Waals surface area contributed by atoms with Gasteiger partial charge in [0.25, 0.3) is 0 Å². The van der Waals surface area contributed by atoms with E-state index in [2.05, 4.69) is 85.8 Å². The third kappa shape index (κ3) is 4.06.